The number of rotatable bonds is 6. The third-order valence-electron chi connectivity index (χ3n) is 5.45. The number of carbonyl (C=O) groups is 1. The van der Waals surface area contributed by atoms with Crippen LogP contribution in [0.5, 0.6) is 0 Å². The number of likely N-dealkylation sites (tertiary alicyclic amines) is 1. The van der Waals surface area contributed by atoms with Gasteiger partial charge in [0.1, 0.15) is 0 Å². The molecule has 0 unspecified atom stereocenters. The lowest BCUT2D eigenvalue weighted by molar-refractivity contribution is -0.127. The largest absolute Gasteiger partial charge is 0.368 e. The molecule has 28 heavy (non-hydrogen) atoms. The van der Waals surface area contributed by atoms with Gasteiger partial charge in [0.15, 0.2) is 5.96 Å². The fourth-order valence-corrected chi connectivity index (χ4v) is 4.06. The molecule has 0 bridgehead atoms. The molecule has 0 saturated carbocycles. The molecule has 6 nitrogen and oxygen atoms in total. The van der Waals surface area contributed by atoms with Crippen LogP contribution in [-0.4, -0.2) is 74.0 Å². The van der Waals surface area contributed by atoms with Crippen molar-refractivity contribution in [1.29, 1.82) is 0 Å². The second-order valence-electron chi connectivity index (χ2n) is 7.48. The van der Waals surface area contributed by atoms with E-state index in [1.165, 1.54) is 11.3 Å². The van der Waals surface area contributed by atoms with E-state index in [2.05, 4.69) is 41.1 Å². The smallest absolute Gasteiger partial charge is 0.222 e. The number of aliphatic imine (C=N–C) groups is 1. The van der Waals surface area contributed by atoms with Crippen LogP contribution in [-0.2, 0) is 4.79 Å². The number of carbonyl (C=O) groups excluding carboxylic acids is 1. The minimum absolute atomic E-state index is 0.295. The summed E-state index contributed by atoms with van der Waals surface area (Å²) >= 11 is 6.19. The molecule has 2 aliphatic heterocycles. The van der Waals surface area contributed by atoms with Crippen molar-refractivity contribution in [1.82, 2.24) is 15.1 Å². The Kier molecular flexibility index (Phi) is 7.43. The number of nitrogens with zero attached hydrogens (tertiary/aromatic N) is 4. The number of piperazine rings is 1. The van der Waals surface area contributed by atoms with Gasteiger partial charge < -0.3 is 20.0 Å². The van der Waals surface area contributed by atoms with E-state index in [0.29, 0.717) is 12.3 Å². The Morgan fingerprint density at radius 1 is 1.21 bits per heavy atom. The maximum atomic E-state index is 11.7. The highest BCUT2D eigenvalue weighted by Gasteiger charge is 2.21. The standard InChI is InChI=1S/C21H32ClN5O/c1-3-23-21(24-9-5-11-26-10-4-6-20(26)28)27-14-12-25(13-15-27)19-16-18(22)8-7-17(19)2/h7-8,16H,3-6,9-15H2,1-2H3,(H,23,24). The van der Waals surface area contributed by atoms with Crippen LogP contribution in [0, 0.1) is 6.92 Å². The molecule has 3 rings (SSSR count). The van der Waals surface area contributed by atoms with E-state index in [0.717, 1.165) is 76.2 Å². The minimum Gasteiger partial charge on any atom is -0.368 e. The number of nitrogens with one attached hydrogen (secondary N) is 1. The van der Waals surface area contributed by atoms with Gasteiger partial charge in [-0.05, 0) is 44.4 Å². The quantitative estimate of drug-likeness (QED) is 0.449. The maximum absolute atomic E-state index is 11.7. The Hall–Kier alpha value is -1.95. The molecule has 2 fully saturated rings. The number of hydrogen-bond donors (Lipinski definition) is 1. The van der Waals surface area contributed by atoms with E-state index < -0.39 is 0 Å². The molecule has 2 heterocycles. The van der Waals surface area contributed by atoms with Gasteiger partial charge >= 0.3 is 0 Å². The van der Waals surface area contributed by atoms with Crippen LogP contribution in [0.15, 0.2) is 23.2 Å². The molecule has 1 aromatic rings. The summed E-state index contributed by atoms with van der Waals surface area (Å²) in [6.45, 7) is 11.3. The molecule has 1 aromatic carbocycles. The number of amides is 1. The Morgan fingerprint density at radius 2 is 2.00 bits per heavy atom. The predicted octanol–water partition coefficient (Wildman–Crippen LogP) is 2.75. The van der Waals surface area contributed by atoms with Crippen molar-refractivity contribution in [2.45, 2.75) is 33.1 Å². The molecule has 0 atom stereocenters. The van der Waals surface area contributed by atoms with Crippen molar-refractivity contribution in [3.05, 3.63) is 28.8 Å². The van der Waals surface area contributed by atoms with Crippen molar-refractivity contribution in [2.75, 3.05) is 57.3 Å². The third kappa shape index (κ3) is 5.31. The summed E-state index contributed by atoms with van der Waals surface area (Å²) in [5.41, 5.74) is 2.49. The second-order valence-corrected chi connectivity index (χ2v) is 7.91. The van der Waals surface area contributed by atoms with Gasteiger partial charge in [-0.2, -0.15) is 0 Å². The molecule has 0 aliphatic carbocycles. The van der Waals surface area contributed by atoms with E-state index >= 15 is 0 Å². The first-order valence-electron chi connectivity index (χ1n) is 10.4. The van der Waals surface area contributed by atoms with Crippen LogP contribution in [0.1, 0.15) is 31.7 Å². The number of guanidine groups is 1. The summed E-state index contributed by atoms with van der Waals surface area (Å²) in [7, 11) is 0. The molecule has 2 saturated heterocycles. The zero-order valence-corrected chi connectivity index (χ0v) is 17.8. The van der Waals surface area contributed by atoms with Gasteiger partial charge in [0.2, 0.25) is 5.91 Å². The molecule has 1 N–H and O–H groups in total. The first-order valence-corrected chi connectivity index (χ1v) is 10.8. The van der Waals surface area contributed by atoms with Gasteiger partial charge in [0, 0.05) is 69.5 Å². The Bertz CT molecular complexity index is 700. The van der Waals surface area contributed by atoms with Crippen molar-refractivity contribution in [2.24, 2.45) is 4.99 Å². The fraction of sp³-hybridized carbons (Fsp3) is 0.619. The molecule has 0 spiro atoms. The van der Waals surface area contributed by atoms with Crippen molar-refractivity contribution in [3.8, 4) is 0 Å². The number of anilines is 1. The average molecular weight is 406 g/mol. The molecule has 154 valence electrons. The van der Waals surface area contributed by atoms with Crippen LogP contribution in [0.4, 0.5) is 5.69 Å². The first-order chi connectivity index (χ1) is 13.6. The lowest BCUT2D eigenvalue weighted by atomic mass is 10.1. The van der Waals surface area contributed by atoms with Crippen LogP contribution >= 0.6 is 11.6 Å². The molecule has 0 aromatic heterocycles. The summed E-state index contributed by atoms with van der Waals surface area (Å²) in [5.74, 6) is 1.28. The zero-order valence-electron chi connectivity index (χ0n) is 17.1. The van der Waals surface area contributed by atoms with Crippen LogP contribution in [0.25, 0.3) is 0 Å². The van der Waals surface area contributed by atoms with Crippen LogP contribution in [0.2, 0.25) is 5.02 Å². The molecular formula is C21H32ClN5O. The van der Waals surface area contributed by atoms with E-state index in [-0.39, 0.29) is 0 Å². The summed E-state index contributed by atoms with van der Waals surface area (Å²) in [4.78, 5) is 23.2. The van der Waals surface area contributed by atoms with Crippen LogP contribution in [0.3, 0.4) is 0 Å². The summed E-state index contributed by atoms with van der Waals surface area (Å²) < 4.78 is 0. The molecule has 2 aliphatic rings. The Labute approximate surface area is 173 Å². The van der Waals surface area contributed by atoms with Gasteiger partial charge in [0.05, 0.1) is 0 Å². The number of benzene rings is 1. The lowest BCUT2D eigenvalue weighted by Crippen LogP contribution is -2.52. The number of halogens is 1. The van der Waals surface area contributed by atoms with Crippen LogP contribution < -0.4 is 10.2 Å². The lowest BCUT2D eigenvalue weighted by Gasteiger charge is -2.38. The Morgan fingerprint density at radius 3 is 2.68 bits per heavy atom. The Balaban J connectivity index is 1.52. The number of hydrogen-bond acceptors (Lipinski definition) is 3. The van der Waals surface area contributed by atoms with E-state index in [4.69, 9.17) is 16.6 Å². The van der Waals surface area contributed by atoms with Gasteiger partial charge in [0.25, 0.3) is 0 Å². The van der Waals surface area contributed by atoms with Gasteiger partial charge in [-0.15, -0.1) is 0 Å². The monoisotopic (exact) mass is 405 g/mol. The molecule has 7 heteroatoms. The highest BCUT2D eigenvalue weighted by molar-refractivity contribution is 6.30. The van der Waals surface area contributed by atoms with Crippen molar-refractivity contribution < 1.29 is 4.79 Å². The topological polar surface area (TPSA) is 51.2 Å². The number of aryl methyl sites for hydroxylation is 1. The summed E-state index contributed by atoms with van der Waals surface area (Å²) in [5, 5.41) is 4.21. The van der Waals surface area contributed by atoms with E-state index in [1.54, 1.807) is 0 Å². The average Bonchev–Trinajstić information content (AvgIpc) is 3.11. The fourth-order valence-electron chi connectivity index (χ4n) is 3.90. The van der Waals surface area contributed by atoms with Gasteiger partial charge in [-0.25, -0.2) is 0 Å². The zero-order chi connectivity index (χ0) is 19.9. The highest BCUT2D eigenvalue weighted by atomic mass is 35.5. The maximum Gasteiger partial charge on any atom is 0.222 e. The van der Waals surface area contributed by atoms with Gasteiger partial charge in [-0.1, -0.05) is 17.7 Å². The predicted molar refractivity (Wildman–Crippen MR) is 116 cm³/mol. The SMILES string of the molecule is CCNC(=NCCCN1CCCC1=O)N1CCN(c2cc(Cl)ccc2C)CC1. The minimum atomic E-state index is 0.295. The summed E-state index contributed by atoms with van der Waals surface area (Å²) in [6, 6.07) is 6.09. The van der Waals surface area contributed by atoms with Crippen molar-refractivity contribution in [3.63, 3.8) is 0 Å². The van der Waals surface area contributed by atoms with Crippen molar-refractivity contribution >= 4 is 29.2 Å². The third-order valence-corrected chi connectivity index (χ3v) is 5.68. The second kappa shape index (κ2) is 10.0. The molecule has 1 amide bonds. The molecule has 0 radical (unpaired) electrons. The molecular weight excluding hydrogens is 374 g/mol. The van der Waals surface area contributed by atoms with E-state index in [1.807, 2.05) is 11.0 Å². The first kappa shape index (κ1) is 20.8. The van der Waals surface area contributed by atoms with Gasteiger partial charge in [-0.3, -0.25) is 9.79 Å². The summed E-state index contributed by atoms with van der Waals surface area (Å²) in [6.07, 6.45) is 2.63. The van der Waals surface area contributed by atoms with E-state index in [9.17, 15) is 4.79 Å². The normalized spacial score (nSPS) is 18.2. The highest BCUT2D eigenvalue weighted by Crippen LogP contribution is 2.25.